The van der Waals surface area contributed by atoms with E-state index in [0.29, 0.717) is 5.69 Å². The van der Waals surface area contributed by atoms with Crippen molar-refractivity contribution in [2.24, 2.45) is 0 Å². The second kappa shape index (κ2) is 6.32. The van der Waals surface area contributed by atoms with E-state index in [1.807, 2.05) is 37.3 Å². The van der Waals surface area contributed by atoms with E-state index >= 15 is 0 Å². The average Bonchev–Trinajstić information content (AvgIpc) is 2.42. The van der Waals surface area contributed by atoms with Crippen LogP contribution in [0.3, 0.4) is 0 Å². The van der Waals surface area contributed by atoms with Crippen LogP contribution in [0.15, 0.2) is 48.5 Å². The standard InChI is InChI=1S/C16H17F2N/c1-2-14(10-12-6-4-3-5-7-12)19-16-9-8-13(17)11-15(16)18/h3-9,11,14,19H,2,10H2,1H3. The van der Waals surface area contributed by atoms with Crippen LogP contribution in [0.5, 0.6) is 0 Å². The van der Waals surface area contributed by atoms with Gasteiger partial charge in [-0.2, -0.15) is 0 Å². The molecule has 2 aromatic rings. The summed E-state index contributed by atoms with van der Waals surface area (Å²) in [6, 6.07) is 13.8. The zero-order chi connectivity index (χ0) is 13.7. The van der Waals surface area contributed by atoms with Gasteiger partial charge in [0, 0.05) is 12.1 Å². The third-order valence-corrected chi connectivity index (χ3v) is 3.11. The summed E-state index contributed by atoms with van der Waals surface area (Å²) in [6.45, 7) is 2.04. The Morgan fingerprint density at radius 2 is 1.79 bits per heavy atom. The first-order valence-electron chi connectivity index (χ1n) is 6.44. The highest BCUT2D eigenvalue weighted by molar-refractivity contribution is 5.45. The first-order valence-corrected chi connectivity index (χ1v) is 6.44. The normalized spacial score (nSPS) is 12.2. The van der Waals surface area contributed by atoms with Gasteiger partial charge < -0.3 is 5.32 Å². The van der Waals surface area contributed by atoms with Crippen LogP contribution >= 0.6 is 0 Å². The topological polar surface area (TPSA) is 12.0 Å². The Morgan fingerprint density at radius 1 is 1.05 bits per heavy atom. The van der Waals surface area contributed by atoms with Gasteiger partial charge in [-0.1, -0.05) is 37.3 Å². The Kier molecular flexibility index (Phi) is 4.50. The number of halogens is 2. The van der Waals surface area contributed by atoms with Gasteiger partial charge in [-0.15, -0.1) is 0 Å². The molecule has 0 aliphatic rings. The molecule has 1 unspecified atom stereocenters. The summed E-state index contributed by atoms with van der Waals surface area (Å²) in [6.07, 6.45) is 1.68. The van der Waals surface area contributed by atoms with Crippen molar-refractivity contribution in [3.05, 3.63) is 65.7 Å². The van der Waals surface area contributed by atoms with E-state index in [4.69, 9.17) is 0 Å². The third-order valence-electron chi connectivity index (χ3n) is 3.11. The van der Waals surface area contributed by atoms with Crippen molar-refractivity contribution in [3.8, 4) is 0 Å². The summed E-state index contributed by atoms with van der Waals surface area (Å²) >= 11 is 0. The quantitative estimate of drug-likeness (QED) is 0.841. The number of hydrogen-bond donors (Lipinski definition) is 1. The van der Waals surface area contributed by atoms with Crippen molar-refractivity contribution in [1.82, 2.24) is 0 Å². The summed E-state index contributed by atoms with van der Waals surface area (Å²) in [5.74, 6) is -1.11. The summed E-state index contributed by atoms with van der Waals surface area (Å²) in [5, 5.41) is 3.13. The Morgan fingerprint density at radius 3 is 2.42 bits per heavy atom. The van der Waals surface area contributed by atoms with Crippen LogP contribution in [-0.4, -0.2) is 6.04 Å². The van der Waals surface area contributed by atoms with Gasteiger partial charge in [0.1, 0.15) is 11.6 Å². The number of anilines is 1. The maximum absolute atomic E-state index is 13.6. The lowest BCUT2D eigenvalue weighted by Gasteiger charge is -2.19. The zero-order valence-electron chi connectivity index (χ0n) is 10.9. The SMILES string of the molecule is CCC(Cc1ccccc1)Nc1ccc(F)cc1F. The molecular weight excluding hydrogens is 244 g/mol. The Balaban J connectivity index is 2.06. The lowest BCUT2D eigenvalue weighted by Crippen LogP contribution is -2.22. The predicted molar refractivity (Wildman–Crippen MR) is 74.2 cm³/mol. The van der Waals surface area contributed by atoms with Gasteiger partial charge in [-0.3, -0.25) is 0 Å². The van der Waals surface area contributed by atoms with Crippen LogP contribution in [-0.2, 0) is 6.42 Å². The van der Waals surface area contributed by atoms with E-state index in [1.54, 1.807) is 0 Å². The monoisotopic (exact) mass is 261 g/mol. The summed E-state index contributed by atoms with van der Waals surface area (Å²) in [4.78, 5) is 0. The molecule has 100 valence electrons. The molecule has 0 aromatic heterocycles. The molecule has 0 saturated heterocycles. The summed E-state index contributed by atoms with van der Waals surface area (Å²) in [7, 11) is 0. The molecule has 0 fully saturated rings. The van der Waals surface area contributed by atoms with E-state index in [1.165, 1.54) is 17.7 Å². The van der Waals surface area contributed by atoms with Crippen LogP contribution in [0, 0.1) is 11.6 Å². The number of hydrogen-bond acceptors (Lipinski definition) is 1. The van der Waals surface area contributed by atoms with E-state index < -0.39 is 11.6 Å². The molecule has 0 radical (unpaired) electrons. The highest BCUT2D eigenvalue weighted by Gasteiger charge is 2.10. The average molecular weight is 261 g/mol. The molecule has 0 heterocycles. The molecule has 1 atom stereocenters. The second-order valence-electron chi connectivity index (χ2n) is 4.56. The van der Waals surface area contributed by atoms with Crippen LogP contribution < -0.4 is 5.32 Å². The Hall–Kier alpha value is -1.90. The minimum absolute atomic E-state index is 0.127. The smallest absolute Gasteiger partial charge is 0.149 e. The van der Waals surface area contributed by atoms with Crippen molar-refractivity contribution < 1.29 is 8.78 Å². The summed E-state index contributed by atoms with van der Waals surface area (Å²) in [5.41, 5.74) is 1.55. The second-order valence-corrected chi connectivity index (χ2v) is 4.56. The number of nitrogens with one attached hydrogen (secondary N) is 1. The predicted octanol–water partition coefficient (Wildman–Crippen LogP) is 4.40. The number of rotatable bonds is 5. The first-order chi connectivity index (χ1) is 9.19. The highest BCUT2D eigenvalue weighted by Crippen LogP contribution is 2.18. The van der Waals surface area contributed by atoms with E-state index in [2.05, 4.69) is 5.32 Å². The fourth-order valence-electron chi connectivity index (χ4n) is 2.02. The highest BCUT2D eigenvalue weighted by atomic mass is 19.1. The van der Waals surface area contributed by atoms with Crippen LogP contribution in [0.1, 0.15) is 18.9 Å². The molecule has 1 N–H and O–H groups in total. The molecule has 0 amide bonds. The van der Waals surface area contributed by atoms with Crippen molar-refractivity contribution in [3.63, 3.8) is 0 Å². The maximum Gasteiger partial charge on any atom is 0.149 e. The fourth-order valence-corrected chi connectivity index (χ4v) is 2.02. The molecule has 1 nitrogen and oxygen atoms in total. The van der Waals surface area contributed by atoms with Gasteiger partial charge in [0.2, 0.25) is 0 Å². The van der Waals surface area contributed by atoms with Crippen molar-refractivity contribution in [1.29, 1.82) is 0 Å². The van der Waals surface area contributed by atoms with Crippen molar-refractivity contribution >= 4 is 5.69 Å². The molecular formula is C16H17F2N. The molecule has 0 aliphatic heterocycles. The third kappa shape index (κ3) is 3.78. The first kappa shape index (κ1) is 13.5. The van der Waals surface area contributed by atoms with Crippen LogP contribution in [0.4, 0.5) is 14.5 Å². The van der Waals surface area contributed by atoms with Gasteiger partial charge in [0.15, 0.2) is 0 Å². The Labute approximate surface area is 112 Å². The van der Waals surface area contributed by atoms with Gasteiger partial charge in [0.25, 0.3) is 0 Å². The minimum Gasteiger partial charge on any atom is -0.380 e. The molecule has 3 heteroatoms. The van der Waals surface area contributed by atoms with Crippen LogP contribution in [0.2, 0.25) is 0 Å². The van der Waals surface area contributed by atoms with Crippen molar-refractivity contribution in [2.75, 3.05) is 5.32 Å². The molecule has 2 rings (SSSR count). The number of benzene rings is 2. The van der Waals surface area contributed by atoms with Crippen LogP contribution in [0.25, 0.3) is 0 Å². The van der Waals surface area contributed by atoms with Gasteiger partial charge in [-0.05, 0) is 30.5 Å². The minimum atomic E-state index is -0.556. The zero-order valence-corrected chi connectivity index (χ0v) is 10.9. The lowest BCUT2D eigenvalue weighted by atomic mass is 10.0. The largest absolute Gasteiger partial charge is 0.380 e. The van der Waals surface area contributed by atoms with Gasteiger partial charge in [-0.25, -0.2) is 8.78 Å². The molecule has 0 aliphatic carbocycles. The fraction of sp³-hybridized carbons (Fsp3) is 0.250. The molecule has 0 saturated carbocycles. The van der Waals surface area contributed by atoms with E-state index in [-0.39, 0.29) is 6.04 Å². The van der Waals surface area contributed by atoms with Gasteiger partial charge >= 0.3 is 0 Å². The maximum atomic E-state index is 13.6. The van der Waals surface area contributed by atoms with Gasteiger partial charge in [0.05, 0.1) is 5.69 Å². The summed E-state index contributed by atoms with van der Waals surface area (Å²) < 4.78 is 26.4. The Bertz CT molecular complexity index is 526. The molecule has 19 heavy (non-hydrogen) atoms. The van der Waals surface area contributed by atoms with E-state index in [9.17, 15) is 8.78 Å². The molecule has 0 bridgehead atoms. The molecule has 2 aromatic carbocycles. The molecule has 0 spiro atoms. The lowest BCUT2D eigenvalue weighted by molar-refractivity contribution is 0.581. The van der Waals surface area contributed by atoms with E-state index in [0.717, 1.165) is 18.9 Å². The van der Waals surface area contributed by atoms with Crippen molar-refractivity contribution in [2.45, 2.75) is 25.8 Å².